The van der Waals surface area contributed by atoms with Crippen LogP contribution in [0.2, 0.25) is 0 Å². The summed E-state index contributed by atoms with van der Waals surface area (Å²) >= 11 is 5.66. The SMILES string of the molecule is Cc1ccc(COc2ccc(C(=S)N3CCC(C)CC3)cc2)cc1. The maximum Gasteiger partial charge on any atom is 0.119 e. The van der Waals surface area contributed by atoms with Crippen molar-refractivity contribution in [2.75, 3.05) is 13.1 Å². The van der Waals surface area contributed by atoms with Crippen LogP contribution in [0.25, 0.3) is 0 Å². The molecule has 2 aromatic rings. The minimum Gasteiger partial charge on any atom is -0.489 e. The summed E-state index contributed by atoms with van der Waals surface area (Å²) in [6, 6.07) is 16.6. The highest BCUT2D eigenvalue weighted by Gasteiger charge is 2.18. The van der Waals surface area contributed by atoms with Gasteiger partial charge in [0.2, 0.25) is 0 Å². The first-order chi connectivity index (χ1) is 11.6. The highest BCUT2D eigenvalue weighted by Crippen LogP contribution is 2.20. The van der Waals surface area contributed by atoms with Gasteiger partial charge in [-0.3, -0.25) is 0 Å². The zero-order valence-electron chi connectivity index (χ0n) is 14.5. The molecule has 0 aliphatic carbocycles. The van der Waals surface area contributed by atoms with Crippen LogP contribution < -0.4 is 4.74 Å². The number of nitrogens with zero attached hydrogens (tertiary/aromatic N) is 1. The Kier molecular flexibility index (Phi) is 5.52. The lowest BCUT2D eigenvalue weighted by Crippen LogP contribution is -2.37. The molecule has 1 aliphatic rings. The Morgan fingerprint density at radius 2 is 1.67 bits per heavy atom. The van der Waals surface area contributed by atoms with E-state index in [0.717, 1.165) is 35.3 Å². The Morgan fingerprint density at radius 1 is 1.04 bits per heavy atom. The first kappa shape index (κ1) is 17.0. The summed E-state index contributed by atoms with van der Waals surface area (Å²) in [4.78, 5) is 3.30. The third kappa shape index (κ3) is 4.35. The van der Waals surface area contributed by atoms with Crippen LogP contribution in [0.15, 0.2) is 48.5 Å². The molecule has 1 fully saturated rings. The number of piperidine rings is 1. The lowest BCUT2D eigenvalue weighted by Gasteiger charge is -2.32. The minimum absolute atomic E-state index is 0.591. The standard InChI is InChI=1S/C21H25NOS/c1-16-3-5-18(6-4-16)15-23-20-9-7-19(8-10-20)21(24)22-13-11-17(2)12-14-22/h3-10,17H,11-15H2,1-2H3. The van der Waals surface area contributed by atoms with Crippen molar-refractivity contribution in [3.05, 3.63) is 65.2 Å². The van der Waals surface area contributed by atoms with E-state index in [1.54, 1.807) is 0 Å². The van der Waals surface area contributed by atoms with E-state index in [0.29, 0.717) is 6.61 Å². The van der Waals surface area contributed by atoms with Crippen LogP contribution in [0.4, 0.5) is 0 Å². The maximum atomic E-state index is 5.87. The van der Waals surface area contributed by atoms with Crippen LogP contribution in [0.3, 0.4) is 0 Å². The molecule has 3 heteroatoms. The second-order valence-electron chi connectivity index (χ2n) is 6.77. The fourth-order valence-corrected chi connectivity index (χ4v) is 3.26. The monoisotopic (exact) mass is 339 g/mol. The topological polar surface area (TPSA) is 12.5 Å². The van der Waals surface area contributed by atoms with Gasteiger partial charge in [0.1, 0.15) is 17.3 Å². The van der Waals surface area contributed by atoms with Gasteiger partial charge in [0, 0.05) is 18.7 Å². The highest BCUT2D eigenvalue weighted by atomic mass is 32.1. The molecule has 1 heterocycles. The van der Waals surface area contributed by atoms with Crippen molar-refractivity contribution in [1.82, 2.24) is 4.90 Å². The average Bonchev–Trinajstić information content (AvgIpc) is 2.62. The van der Waals surface area contributed by atoms with E-state index in [2.05, 4.69) is 55.1 Å². The lowest BCUT2D eigenvalue weighted by atomic mass is 9.99. The van der Waals surface area contributed by atoms with Crippen molar-refractivity contribution in [3.63, 3.8) is 0 Å². The molecule has 0 saturated carbocycles. The molecule has 0 unspecified atom stereocenters. The van der Waals surface area contributed by atoms with Crippen molar-refractivity contribution in [2.24, 2.45) is 5.92 Å². The van der Waals surface area contributed by atoms with Gasteiger partial charge in [-0.15, -0.1) is 0 Å². The van der Waals surface area contributed by atoms with Crippen LogP contribution >= 0.6 is 12.2 Å². The quantitative estimate of drug-likeness (QED) is 0.729. The number of likely N-dealkylation sites (tertiary alicyclic amines) is 1. The Labute approximate surface area is 150 Å². The molecule has 0 spiro atoms. The van der Waals surface area contributed by atoms with Crippen LogP contribution in [-0.2, 0) is 6.61 Å². The zero-order valence-corrected chi connectivity index (χ0v) is 15.3. The van der Waals surface area contributed by atoms with Gasteiger partial charge in [-0.05, 0) is 55.5 Å². The number of hydrogen-bond acceptors (Lipinski definition) is 2. The molecule has 0 atom stereocenters. The smallest absolute Gasteiger partial charge is 0.119 e. The van der Waals surface area contributed by atoms with Crippen LogP contribution in [-0.4, -0.2) is 23.0 Å². The summed E-state index contributed by atoms with van der Waals surface area (Å²) in [6.45, 7) is 7.15. The first-order valence-electron chi connectivity index (χ1n) is 8.69. The van der Waals surface area contributed by atoms with Crippen molar-refractivity contribution < 1.29 is 4.74 Å². The van der Waals surface area contributed by atoms with Gasteiger partial charge in [0.25, 0.3) is 0 Å². The molecule has 0 N–H and O–H groups in total. The fourth-order valence-electron chi connectivity index (χ4n) is 2.94. The van der Waals surface area contributed by atoms with E-state index in [4.69, 9.17) is 17.0 Å². The Morgan fingerprint density at radius 3 is 2.29 bits per heavy atom. The van der Waals surface area contributed by atoms with Gasteiger partial charge in [0.15, 0.2) is 0 Å². The van der Waals surface area contributed by atoms with Gasteiger partial charge in [-0.1, -0.05) is 49.0 Å². The van der Waals surface area contributed by atoms with E-state index >= 15 is 0 Å². The predicted molar refractivity (Wildman–Crippen MR) is 104 cm³/mol. The Bertz CT molecular complexity index is 670. The predicted octanol–water partition coefficient (Wildman–Crippen LogP) is 4.98. The molecule has 1 aliphatic heterocycles. The van der Waals surface area contributed by atoms with Gasteiger partial charge in [-0.25, -0.2) is 0 Å². The average molecular weight is 340 g/mol. The van der Waals surface area contributed by atoms with E-state index in [1.807, 2.05) is 12.1 Å². The number of benzene rings is 2. The molecule has 0 bridgehead atoms. The van der Waals surface area contributed by atoms with E-state index in [9.17, 15) is 0 Å². The van der Waals surface area contributed by atoms with Crippen molar-refractivity contribution in [2.45, 2.75) is 33.3 Å². The molecule has 0 radical (unpaired) electrons. The van der Waals surface area contributed by atoms with E-state index in [1.165, 1.54) is 24.0 Å². The molecule has 0 amide bonds. The number of hydrogen-bond donors (Lipinski definition) is 0. The normalized spacial score (nSPS) is 15.3. The van der Waals surface area contributed by atoms with Crippen LogP contribution in [0, 0.1) is 12.8 Å². The molecule has 3 rings (SSSR count). The molecule has 24 heavy (non-hydrogen) atoms. The summed E-state index contributed by atoms with van der Waals surface area (Å²) in [7, 11) is 0. The molecule has 2 nitrogen and oxygen atoms in total. The second kappa shape index (κ2) is 7.80. The van der Waals surface area contributed by atoms with Gasteiger partial charge in [0.05, 0.1) is 0 Å². The van der Waals surface area contributed by atoms with Gasteiger partial charge in [-0.2, -0.15) is 0 Å². The maximum absolute atomic E-state index is 5.87. The van der Waals surface area contributed by atoms with Crippen LogP contribution in [0.1, 0.15) is 36.5 Å². The third-order valence-corrected chi connectivity index (χ3v) is 5.19. The van der Waals surface area contributed by atoms with Crippen LogP contribution in [0.5, 0.6) is 5.75 Å². The van der Waals surface area contributed by atoms with Crippen molar-refractivity contribution in [3.8, 4) is 5.75 Å². The van der Waals surface area contributed by atoms with E-state index in [-0.39, 0.29) is 0 Å². The van der Waals surface area contributed by atoms with Crippen molar-refractivity contribution in [1.29, 1.82) is 0 Å². The number of aryl methyl sites for hydroxylation is 1. The Hall–Kier alpha value is -1.87. The summed E-state index contributed by atoms with van der Waals surface area (Å²) in [5.41, 5.74) is 3.56. The molecule has 126 valence electrons. The minimum atomic E-state index is 0.591. The van der Waals surface area contributed by atoms with Gasteiger partial charge < -0.3 is 9.64 Å². The highest BCUT2D eigenvalue weighted by molar-refractivity contribution is 7.80. The molecule has 2 aromatic carbocycles. The molecule has 0 aromatic heterocycles. The lowest BCUT2D eigenvalue weighted by molar-refractivity contribution is 0.284. The largest absolute Gasteiger partial charge is 0.489 e. The molecule has 1 saturated heterocycles. The summed E-state index contributed by atoms with van der Waals surface area (Å²) in [5, 5.41) is 0. The zero-order chi connectivity index (χ0) is 16.9. The van der Waals surface area contributed by atoms with E-state index < -0.39 is 0 Å². The first-order valence-corrected chi connectivity index (χ1v) is 9.10. The third-order valence-electron chi connectivity index (χ3n) is 4.70. The number of rotatable bonds is 4. The molecular weight excluding hydrogens is 314 g/mol. The second-order valence-corrected chi connectivity index (χ2v) is 7.16. The number of ether oxygens (including phenoxy) is 1. The summed E-state index contributed by atoms with van der Waals surface area (Å²) in [5.74, 6) is 1.70. The Balaban J connectivity index is 1.56. The van der Waals surface area contributed by atoms with Crippen molar-refractivity contribution >= 4 is 17.2 Å². The summed E-state index contributed by atoms with van der Waals surface area (Å²) in [6.07, 6.45) is 2.47. The molecular formula is C21H25NOS. The number of thiocarbonyl (C=S) groups is 1. The van der Waals surface area contributed by atoms with Gasteiger partial charge >= 0.3 is 0 Å². The summed E-state index contributed by atoms with van der Waals surface area (Å²) < 4.78 is 5.87. The fraction of sp³-hybridized carbons (Fsp3) is 0.381.